The second-order valence-electron chi connectivity index (χ2n) is 5.24. The van der Waals surface area contributed by atoms with Crippen molar-refractivity contribution in [3.63, 3.8) is 0 Å². The highest BCUT2D eigenvalue weighted by molar-refractivity contribution is 5.41. The molecule has 1 aromatic rings. The summed E-state index contributed by atoms with van der Waals surface area (Å²) in [5.41, 5.74) is 6.38. The minimum Gasteiger partial charge on any atom is -0.494 e. The van der Waals surface area contributed by atoms with Gasteiger partial charge in [-0.15, -0.1) is 0 Å². The van der Waals surface area contributed by atoms with Gasteiger partial charge in [0.2, 0.25) is 0 Å². The van der Waals surface area contributed by atoms with Crippen molar-refractivity contribution in [1.29, 1.82) is 0 Å². The van der Waals surface area contributed by atoms with Gasteiger partial charge < -0.3 is 20.5 Å². The number of rotatable bonds is 6. The maximum absolute atomic E-state index is 9.09. The summed E-state index contributed by atoms with van der Waals surface area (Å²) in [6.07, 6.45) is 3.28. The van der Waals surface area contributed by atoms with Crippen LogP contribution in [-0.2, 0) is 0 Å². The molecule has 1 aliphatic heterocycles. The average molecular weight is 264 g/mol. The third-order valence-electron chi connectivity index (χ3n) is 3.73. The molecule has 0 bridgehead atoms. The largest absolute Gasteiger partial charge is 0.494 e. The number of hydrogen-bond donors (Lipinski definition) is 2. The highest BCUT2D eigenvalue weighted by atomic mass is 16.5. The zero-order valence-corrected chi connectivity index (χ0v) is 11.4. The quantitative estimate of drug-likeness (QED) is 0.607. The molecule has 1 fully saturated rings. The number of hydrogen-bond acceptors (Lipinski definition) is 4. The summed E-state index contributed by atoms with van der Waals surface area (Å²) in [6, 6.07) is 7.52. The number of benzene rings is 1. The summed E-state index contributed by atoms with van der Waals surface area (Å²) in [4.78, 5) is 2.46. The Balaban J connectivity index is 1.58. The number of nitrogens with zero attached hydrogens (tertiary/aromatic N) is 1. The van der Waals surface area contributed by atoms with Crippen LogP contribution in [0.3, 0.4) is 0 Å². The fourth-order valence-corrected chi connectivity index (χ4v) is 2.43. The summed E-state index contributed by atoms with van der Waals surface area (Å²) in [7, 11) is 0. The standard InChI is InChI=1S/C15H24N2O2/c16-14-2-4-15(5-3-14)19-11-1-8-17-9-6-13(12-18)7-10-17/h2-5,13,18H,1,6-12,16H2. The fourth-order valence-electron chi connectivity index (χ4n) is 2.43. The zero-order chi connectivity index (χ0) is 13.5. The maximum Gasteiger partial charge on any atom is 0.119 e. The molecule has 4 heteroatoms. The minimum atomic E-state index is 0.341. The third-order valence-corrected chi connectivity index (χ3v) is 3.73. The van der Waals surface area contributed by atoms with Gasteiger partial charge in [-0.3, -0.25) is 0 Å². The molecule has 1 aromatic carbocycles. The molecule has 0 radical (unpaired) electrons. The van der Waals surface area contributed by atoms with E-state index < -0.39 is 0 Å². The number of nitrogen functional groups attached to an aromatic ring is 1. The van der Waals surface area contributed by atoms with Crippen LogP contribution in [0.1, 0.15) is 19.3 Å². The first-order chi connectivity index (χ1) is 9.28. The van der Waals surface area contributed by atoms with Crippen molar-refractivity contribution in [1.82, 2.24) is 4.90 Å². The predicted octanol–water partition coefficient (Wildman–Crippen LogP) is 1.74. The van der Waals surface area contributed by atoms with Gasteiger partial charge in [-0.05, 0) is 62.5 Å². The van der Waals surface area contributed by atoms with Gasteiger partial charge in [0.15, 0.2) is 0 Å². The van der Waals surface area contributed by atoms with E-state index in [1.807, 2.05) is 24.3 Å². The lowest BCUT2D eigenvalue weighted by atomic mass is 9.98. The second kappa shape index (κ2) is 7.36. The number of nitrogens with two attached hydrogens (primary N) is 1. The Morgan fingerprint density at radius 2 is 1.89 bits per heavy atom. The van der Waals surface area contributed by atoms with E-state index >= 15 is 0 Å². The molecule has 0 aliphatic carbocycles. The lowest BCUT2D eigenvalue weighted by Crippen LogP contribution is -2.35. The molecule has 19 heavy (non-hydrogen) atoms. The monoisotopic (exact) mass is 264 g/mol. The zero-order valence-electron chi connectivity index (χ0n) is 11.4. The van der Waals surface area contributed by atoms with Crippen LogP contribution in [-0.4, -0.2) is 42.9 Å². The van der Waals surface area contributed by atoms with Crippen LogP contribution < -0.4 is 10.5 Å². The topological polar surface area (TPSA) is 58.7 Å². The molecule has 0 atom stereocenters. The maximum atomic E-state index is 9.09. The van der Waals surface area contributed by atoms with Gasteiger partial charge >= 0.3 is 0 Å². The molecular formula is C15H24N2O2. The first-order valence-electron chi connectivity index (χ1n) is 7.09. The Morgan fingerprint density at radius 1 is 1.21 bits per heavy atom. The van der Waals surface area contributed by atoms with Gasteiger partial charge in [0.1, 0.15) is 5.75 Å². The van der Waals surface area contributed by atoms with E-state index in [0.717, 1.165) is 56.9 Å². The van der Waals surface area contributed by atoms with Gasteiger partial charge in [-0.2, -0.15) is 0 Å². The lowest BCUT2D eigenvalue weighted by Gasteiger charge is -2.30. The number of piperidine rings is 1. The molecule has 0 aromatic heterocycles. The van der Waals surface area contributed by atoms with Crippen LogP contribution in [0.5, 0.6) is 5.75 Å². The first kappa shape index (κ1) is 14.2. The molecule has 4 nitrogen and oxygen atoms in total. The minimum absolute atomic E-state index is 0.341. The van der Waals surface area contributed by atoms with Crippen LogP contribution in [0.25, 0.3) is 0 Å². The number of anilines is 1. The number of aliphatic hydroxyl groups excluding tert-OH is 1. The first-order valence-corrected chi connectivity index (χ1v) is 7.09. The molecule has 3 N–H and O–H groups in total. The van der Waals surface area contributed by atoms with E-state index in [-0.39, 0.29) is 0 Å². The van der Waals surface area contributed by atoms with Crippen LogP contribution in [0.4, 0.5) is 5.69 Å². The van der Waals surface area contributed by atoms with E-state index in [1.165, 1.54) is 0 Å². The van der Waals surface area contributed by atoms with E-state index in [1.54, 1.807) is 0 Å². The summed E-state index contributed by atoms with van der Waals surface area (Å²) in [5, 5.41) is 9.09. The van der Waals surface area contributed by atoms with Crippen molar-refractivity contribution >= 4 is 5.69 Å². The summed E-state index contributed by atoms with van der Waals surface area (Å²) < 4.78 is 5.67. The molecule has 0 unspecified atom stereocenters. The van der Waals surface area contributed by atoms with Crippen LogP contribution >= 0.6 is 0 Å². The van der Waals surface area contributed by atoms with E-state index in [4.69, 9.17) is 15.6 Å². The molecule has 0 saturated carbocycles. The van der Waals surface area contributed by atoms with E-state index in [9.17, 15) is 0 Å². The number of likely N-dealkylation sites (tertiary alicyclic amines) is 1. The van der Waals surface area contributed by atoms with Gasteiger partial charge in [-0.25, -0.2) is 0 Å². The van der Waals surface area contributed by atoms with E-state index in [2.05, 4.69) is 4.90 Å². The van der Waals surface area contributed by atoms with Crippen molar-refractivity contribution in [3.05, 3.63) is 24.3 Å². The molecule has 1 heterocycles. The molecule has 106 valence electrons. The SMILES string of the molecule is Nc1ccc(OCCCN2CCC(CO)CC2)cc1. The third kappa shape index (κ3) is 4.73. The highest BCUT2D eigenvalue weighted by Crippen LogP contribution is 2.17. The van der Waals surface area contributed by atoms with Crippen molar-refractivity contribution < 1.29 is 9.84 Å². The molecule has 1 aliphatic rings. The fraction of sp³-hybridized carbons (Fsp3) is 0.600. The highest BCUT2D eigenvalue weighted by Gasteiger charge is 2.17. The van der Waals surface area contributed by atoms with Gasteiger partial charge in [0, 0.05) is 18.8 Å². The number of ether oxygens (including phenoxy) is 1. The number of aliphatic hydroxyl groups is 1. The Morgan fingerprint density at radius 3 is 2.53 bits per heavy atom. The normalized spacial score (nSPS) is 17.5. The van der Waals surface area contributed by atoms with Crippen LogP contribution in [0.2, 0.25) is 0 Å². The van der Waals surface area contributed by atoms with Crippen molar-refractivity contribution in [2.75, 3.05) is 38.6 Å². The summed E-state index contributed by atoms with van der Waals surface area (Å²) in [6.45, 7) is 4.37. The Hall–Kier alpha value is -1.26. The van der Waals surface area contributed by atoms with Crippen LogP contribution in [0, 0.1) is 5.92 Å². The predicted molar refractivity (Wildman–Crippen MR) is 77.2 cm³/mol. The van der Waals surface area contributed by atoms with Gasteiger partial charge in [0.25, 0.3) is 0 Å². The van der Waals surface area contributed by atoms with Crippen molar-refractivity contribution in [2.24, 2.45) is 5.92 Å². The van der Waals surface area contributed by atoms with Gasteiger partial charge in [0.05, 0.1) is 6.61 Å². The van der Waals surface area contributed by atoms with Gasteiger partial charge in [-0.1, -0.05) is 0 Å². The van der Waals surface area contributed by atoms with Crippen molar-refractivity contribution in [2.45, 2.75) is 19.3 Å². The molecule has 1 saturated heterocycles. The molecule has 2 rings (SSSR count). The molecule has 0 spiro atoms. The smallest absolute Gasteiger partial charge is 0.119 e. The second-order valence-corrected chi connectivity index (χ2v) is 5.24. The Kier molecular flexibility index (Phi) is 5.48. The Bertz CT molecular complexity index is 359. The average Bonchev–Trinajstić information content (AvgIpc) is 2.46. The Labute approximate surface area is 115 Å². The molecule has 0 amide bonds. The molecular weight excluding hydrogens is 240 g/mol. The summed E-state index contributed by atoms with van der Waals surface area (Å²) in [5.74, 6) is 1.40. The summed E-state index contributed by atoms with van der Waals surface area (Å²) >= 11 is 0. The van der Waals surface area contributed by atoms with Crippen molar-refractivity contribution in [3.8, 4) is 5.75 Å². The van der Waals surface area contributed by atoms with E-state index in [0.29, 0.717) is 12.5 Å². The lowest BCUT2D eigenvalue weighted by molar-refractivity contribution is 0.126. The van der Waals surface area contributed by atoms with Crippen LogP contribution in [0.15, 0.2) is 24.3 Å².